The fourth-order valence-corrected chi connectivity index (χ4v) is 1.80. The lowest BCUT2D eigenvalue weighted by Crippen LogP contribution is -2.17. The summed E-state index contributed by atoms with van der Waals surface area (Å²) in [6, 6.07) is 9.08. The Morgan fingerprint density at radius 2 is 1.79 bits per heavy atom. The van der Waals surface area contributed by atoms with Crippen molar-refractivity contribution in [2.75, 3.05) is 7.11 Å². The summed E-state index contributed by atoms with van der Waals surface area (Å²) in [5.74, 6) is -1.01. The van der Waals surface area contributed by atoms with Crippen LogP contribution in [0.4, 0.5) is 13.2 Å². The van der Waals surface area contributed by atoms with Crippen LogP contribution in [0.5, 0.6) is 0 Å². The van der Waals surface area contributed by atoms with Crippen molar-refractivity contribution in [2.45, 2.75) is 6.18 Å². The van der Waals surface area contributed by atoms with Crippen molar-refractivity contribution in [2.24, 2.45) is 0 Å². The molecule has 1 aromatic carbocycles. The predicted octanol–water partition coefficient (Wildman–Crippen LogP) is 3.28. The van der Waals surface area contributed by atoms with Gasteiger partial charge in [-0.3, -0.25) is 0 Å². The first-order chi connectivity index (χ1) is 8.95. The second-order valence-corrected chi connectivity index (χ2v) is 3.77. The second-order valence-electron chi connectivity index (χ2n) is 3.77. The van der Waals surface area contributed by atoms with Gasteiger partial charge in [0, 0.05) is 11.9 Å². The highest BCUT2D eigenvalue weighted by molar-refractivity contribution is 5.91. The van der Waals surface area contributed by atoms with Crippen molar-refractivity contribution in [3.05, 3.63) is 53.9 Å². The predicted molar refractivity (Wildman–Crippen MR) is 62.1 cm³/mol. The van der Waals surface area contributed by atoms with E-state index in [1.807, 2.05) is 0 Å². The number of carbonyl (C=O) groups excluding carboxylic acids is 1. The average molecular weight is 269 g/mol. The van der Waals surface area contributed by atoms with Gasteiger partial charge in [0.2, 0.25) is 0 Å². The summed E-state index contributed by atoms with van der Waals surface area (Å²) in [4.78, 5) is 11.4. The van der Waals surface area contributed by atoms with Crippen molar-refractivity contribution < 1.29 is 22.7 Å². The zero-order valence-corrected chi connectivity index (χ0v) is 9.94. The Morgan fingerprint density at radius 3 is 2.32 bits per heavy atom. The lowest BCUT2D eigenvalue weighted by atomic mass is 10.2. The molecule has 0 amide bonds. The van der Waals surface area contributed by atoms with Crippen LogP contribution < -0.4 is 0 Å². The van der Waals surface area contributed by atoms with E-state index in [4.69, 9.17) is 0 Å². The molecule has 0 aliphatic rings. The van der Waals surface area contributed by atoms with E-state index < -0.39 is 23.4 Å². The lowest BCUT2D eigenvalue weighted by Gasteiger charge is -2.13. The number of methoxy groups -OCH3 is 1. The zero-order valence-electron chi connectivity index (χ0n) is 9.94. The number of ether oxygens (including phenoxy) is 1. The van der Waals surface area contributed by atoms with Crippen molar-refractivity contribution in [3.63, 3.8) is 0 Å². The molecule has 0 fully saturated rings. The molecule has 0 radical (unpaired) electrons. The van der Waals surface area contributed by atoms with Crippen molar-refractivity contribution in [1.82, 2.24) is 4.57 Å². The molecule has 100 valence electrons. The maximum absolute atomic E-state index is 13.1. The quantitative estimate of drug-likeness (QED) is 0.783. The molecule has 3 nitrogen and oxygen atoms in total. The largest absolute Gasteiger partial charge is 0.465 e. The van der Waals surface area contributed by atoms with Gasteiger partial charge >= 0.3 is 12.1 Å². The van der Waals surface area contributed by atoms with E-state index in [1.54, 1.807) is 18.2 Å². The molecule has 0 atom stereocenters. The number of hydrogen-bond donors (Lipinski definition) is 0. The van der Waals surface area contributed by atoms with E-state index in [-0.39, 0.29) is 0 Å². The number of nitrogens with zero attached hydrogens (tertiary/aromatic N) is 1. The molecule has 1 heterocycles. The number of hydrogen-bond acceptors (Lipinski definition) is 2. The molecule has 19 heavy (non-hydrogen) atoms. The van der Waals surface area contributed by atoms with E-state index in [2.05, 4.69) is 4.74 Å². The maximum atomic E-state index is 13.1. The smallest absolute Gasteiger partial charge is 0.432 e. The maximum Gasteiger partial charge on any atom is 0.432 e. The van der Waals surface area contributed by atoms with Crippen LogP contribution in [-0.4, -0.2) is 17.6 Å². The summed E-state index contributed by atoms with van der Waals surface area (Å²) in [6.45, 7) is 0. The Hall–Kier alpha value is -2.24. The summed E-state index contributed by atoms with van der Waals surface area (Å²) in [5, 5.41) is 0. The van der Waals surface area contributed by atoms with Crippen LogP contribution in [0.25, 0.3) is 5.69 Å². The van der Waals surface area contributed by atoms with Crippen molar-refractivity contribution >= 4 is 5.97 Å². The van der Waals surface area contributed by atoms with Gasteiger partial charge in [0.1, 0.15) is 5.69 Å². The second kappa shape index (κ2) is 4.79. The average Bonchev–Trinajstić information content (AvgIpc) is 2.83. The standard InChI is InChI=1S/C13H10F3NO2/c1-19-12(18)10-7-8-17(11(10)13(14,15)16)9-5-3-2-4-6-9/h2-8H,1H3. The normalized spacial score (nSPS) is 11.4. The molecule has 1 aromatic heterocycles. The highest BCUT2D eigenvalue weighted by Gasteiger charge is 2.39. The Morgan fingerprint density at radius 1 is 1.16 bits per heavy atom. The van der Waals surface area contributed by atoms with Gasteiger partial charge in [0.25, 0.3) is 0 Å². The summed E-state index contributed by atoms with van der Waals surface area (Å²) in [7, 11) is 1.04. The number of benzene rings is 1. The molecule has 2 aromatic rings. The highest BCUT2D eigenvalue weighted by Crippen LogP contribution is 2.34. The van der Waals surface area contributed by atoms with Crippen LogP contribution in [0.3, 0.4) is 0 Å². The Kier molecular flexibility index (Phi) is 3.33. The molecular weight excluding hydrogens is 259 g/mol. The summed E-state index contributed by atoms with van der Waals surface area (Å²) in [5.41, 5.74) is -1.21. The number of para-hydroxylation sites is 1. The van der Waals surface area contributed by atoms with Gasteiger partial charge in [-0.25, -0.2) is 4.79 Å². The molecule has 0 saturated carbocycles. The first kappa shape index (κ1) is 13.2. The number of halogens is 3. The summed E-state index contributed by atoms with van der Waals surface area (Å²) >= 11 is 0. The zero-order chi connectivity index (χ0) is 14.0. The molecule has 0 N–H and O–H groups in total. The molecule has 0 aliphatic heterocycles. The fraction of sp³-hybridized carbons (Fsp3) is 0.154. The number of esters is 1. The van der Waals surface area contributed by atoms with Gasteiger partial charge in [-0.1, -0.05) is 18.2 Å². The minimum atomic E-state index is -4.65. The van der Waals surface area contributed by atoms with Gasteiger partial charge in [-0.2, -0.15) is 13.2 Å². The van der Waals surface area contributed by atoms with Gasteiger partial charge in [0.05, 0.1) is 12.7 Å². The summed E-state index contributed by atoms with van der Waals surface area (Å²) in [6.07, 6.45) is -3.45. The van der Waals surface area contributed by atoms with Crippen LogP contribution in [0.2, 0.25) is 0 Å². The Bertz CT molecular complexity index is 588. The van der Waals surface area contributed by atoms with Gasteiger partial charge in [0.15, 0.2) is 0 Å². The van der Waals surface area contributed by atoms with E-state index in [0.29, 0.717) is 5.69 Å². The number of rotatable bonds is 2. The topological polar surface area (TPSA) is 31.2 Å². The highest BCUT2D eigenvalue weighted by atomic mass is 19.4. The van der Waals surface area contributed by atoms with Gasteiger partial charge in [-0.15, -0.1) is 0 Å². The Balaban J connectivity index is 2.64. The minimum Gasteiger partial charge on any atom is -0.465 e. The fourth-order valence-electron chi connectivity index (χ4n) is 1.80. The van der Waals surface area contributed by atoms with Crippen molar-refractivity contribution in [1.29, 1.82) is 0 Å². The SMILES string of the molecule is COC(=O)c1ccn(-c2ccccc2)c1C(F)(F)F. The molecule has 0 spiro atoms. The number of carbonyl (C=O) groups is 1. The molecule has 2 rings (SSSR count). The van der Waals surface area contributed by atoms with E-state index in [0.717, 1.165) is 17.7 Å². The van der Waals surface area contributed by atoms with Gasteiger partial charge in [-0.05, 0) is 18.2 Å². The summed E-state index contributed by atoms with van der Waals surface area (Å²) < 4.78 is 44.6. The third-order valence-corrected chi connectivity index (χ3v) is 2.59. The monoisotopic (exact) mass is 269 g/mol. The van der Waals surface area contributed by atoms with Crippen molar-refractivity contribution in [3.8, 4) is 5.69 Å². The molecule has 0 saturated heterocycles. The van der Waals surface area contributed by atoms with Crippen LogP contribution in [-0.2, 0) is 10.9 Å². The van der Waals surface area contributed by atoms with E-state index >= 15 is 0 Å². The lowest BCUT2D eigenvalue weighted by molar-refractivity contribution is -0.142. The van der Waals surface area contributed by atoms with Gasteiger partial charge < -0.3 is 9.30 Å². The van der Waals surface area contributed by atoms with E-state index in [9.17, 15) is 18.0 Å². The third kappa shape index (κ3) is 2.47. The number of aromatic nitrogens is 1. The Labute approximate surface area is 107 Å². The van der Waals surface area contributed by atoms with E-state index in [1.165, 1.54) is 18.3 Å². The third-order valence-electron chi connectivity index (χ3n) is 2.59. The van der Waals surface area contributed by atoms with Crippen LogP contribution in [0.15, 0.2) is 42.6 Å². The molecule has 0 aliphatic carbocycles. The molecule has 0 unspecified atom stereocenters. The molecule has 6 heteroatoms. The van der Waals surface area contributed by atoms with Crippen LogP contribution in [0, 0.1) is 0 Å². The van der Waals surface area contributed by atoms with Crippen LogP contribution in [0.1, 0.15) is 16.1 Å². The first-order valence-corrected chi connectivity index (χ1v) is 5.37. The molecule has 0 bridgehead atoms. The first-order valence-electron chi connectivity index (χ1n) is 5.37. The molecular formula is C13H10F3NO2. The minimum absolute atomic E-state index is 0.324. The van der Waals surface area contributed by atoms with Crippen LogP contribution >= 0.6 is 0 Å². The number of alkyl halides is 3.